The average molecular weight is 584 g/mol. The molecule has 1 fully saturated rings. The lowest BCUT2D eigenvalue weighted by molar-refractivity contribution is -0.150. The van der Waals surface area contributed by atoms with Crippen molar-refractivity contribution in [1.82, 2.24) is 20.3 Å². The number of rotatable bonds is 10. The Morgan fingerprint density at radius 1 is 1.18 bits per heavy atom. The number of amides is 1. The van der Waals surface area contributed by atoms with Crippen molar-refractivity contribution >= 4 is 33.1 Å². The molecule has 1 aliphatic rings. The van der Waals surface area contributed by atoms with E-state index < -0.39 is 28.1 Å². The summed E-state index contributed by atoms with van der Waals surface area (Å²) in [4.78, 5) is 17.5. The van der Waals surface area contributed by atoms with Gasteiger partial charge in [-0.05, 0) is 73.4 Å². The van der Waals surface area contributed by atoms with E-state index in [0.717, 1.165) is 17.8 Å². The monoisotopic (exact) mass is 583 g/mol. The first-order valence-electron chi connectivity index (χ1n) is 13.1. The van der Waals surface area contributed by atoms with Crippen LogP contribution in [0.4, 0.5) is 10.5 Å². The van der Waals surface area contributed by atoms with Crippen molar-refractivity contribution in [3.63, 3.8) is 0 Å². The molecule has 1 aromatic carbocycles. The van der Waals surface area contributed by atoms with E-state index in [9.17, 15) is 18.3 Å². The van der Waals surface area contributed by atoms with E-state index >= 15 is 0 Å². The van der Waals surface area contributed by atoms with E-state index in [1.54, 1.807) is 52.9 Å². The maximum absolute atomic E-state index is 13.4. The molecule has 3 rings (SSSR count). The number of carbonyl (C=O) groups is 1. The summed E-state index contributed by atoms with van der Waals surface area (Å²) in [5.74, 6) is 0. The van der Waals surface area contributed by atoms with Gasteiger partial charge in [0, 0.05) is 35.6 Å². The molecule has 3 atom stereocenters. The molecule has 0 bridgehead atoms. The number of nitrogens with zero attached hydrogens (tertiary/aromatic N) is 1. The van der Waals surface area contributed by atoms with Crippen LogP contribution < -0.4 is 20.7 Å². The van der Waals surface area contributed by atoms with E-state index in [1.807, 2.05) is 13.8 Å². The SMILES string of the molecule is CC(C)OC(=O)Nc1ccc(-c2cnc([C@@H]3CCC(NC(O)OC(C)C)CN3)s2)c(S(=O)(=O)NC(C)(C)C)c1. The molecule has 5 N–H and O–H groups in total. The minimum absolute atomic E-state index is 0.00413. The summed E-state index contributed by atoms with van der Waals surface area (Å²) in [6, 6.07) is 4.81. The second-order valence-electron chi connectivity index (χ2n) is 11.1. The zero-order valence-electron chi connectivity index (χ0n) is 23.6. The first-order chi connectivity index (χ1) is 18.1. The highest BCUT2D eigenvalue weighted by molar-refractivity contribution is 7.89. The molecular weight excluding hydrogens is 542 g/mol. The molecule has 0 spiro atoms. The number of benzene rings is 1. The van der Waals surface area contributed by atoms with Crippen LogP contribution in [0.2, 0.25) is 0 Å². The van der Waals surface area contributed by atoms with Gasteiger partial charge in [0.2, 0.25) is 16.4 Å². The number of anilines is 1. The van der Waals surface area contributed by atoms with E-state index in [2.05, 4.69) is 25.7 Å². The van der Waals surface area contributed by atoms with Gasteiger partial charge in [0.15, 0.2) is 0 Å². The molecular formula is C26H41N5O6S2. The van der Waals surface area contributed by atoms with Crippen LogP contribution in [-0.4, -0.2) is 61.3 Å². The van der Waals surface area contributed by atoms with Crippen molar-refractivity contribution in [2.45, 2.75) is 102 Å². The lowest BCUT2D eigenvalue weighted by Gasteiger charge is -2.31. The average Bonchev–Trinajstić information content (AvgIpc) is 3.27. The number of aliphatic hydroxyl groups is 1. The molecule has 11 nitrogen and oxygen atoms in total. The molecule has 2 aromatic rings. The van der Waals surface area contributed by atoms with Crippen molar-refractivity contribution in [3.05, 3.63) is 29.4 Å². The van der Waals surface area contributed by atoms with Gasteiger partial charge >= 0.3 is 6.09 Å². The van der Waals surface area contributed by atoms with E-state index in [4.69, 9.17) is 9.47 Å². The minimum atomic E-state index is -3.94. The third-order valence-corrected chi connectivity index (χ3v) is 8.52. The van der Waals surface area contributed by atoms with Gasteiger partial charge in [0.05, 0.1) is 28.0 Å². The van der Waals surface area contributed by atoms with Crippen LogP contribution in [0.3, 0.4) is 0 Å². The summed E-state index contributed by atoms with van der Waals surface area (Å²) in [5.41, 5.74) is 0.0847. The molecule has 0 saturated carbocycles. The van der Waals surface area contributed by atoms with Crippen LogP contribution in [0, 0.1) is 0 Å². The molecule has 1 saturated heterocycles. The molecule has 1 aromatic heterocycles. The molecule has 1 amide bonds. The van der Waals surface area contributed by atoms with Gasteiger partial charge in [-0.25, -0.2) is 22.9 Å². The minimum Gasteiger partial charge on any atom is -0.447 e. The predicted molar refractivity (Wildman–Crippen MR) is 152 cm³/mol. The topological polar surface area (TPSA) is 151 Å². The molecule has 218 valence electrons. The van der Waals surface area contributed by atoms with Gasteiger partial charge in [-0.1, -0.05) is 6.07 Å². The molecule has 1 aliphatic heterocycles. The van der Waals surface area contributed by atoms with Crippen molar-refractivity contribution in [1.29, 1.82) is 0 Å². The van der Waals surface area contributed by atoms with Crippen LogP contribution in [0.1, 0.15) is 72.4 Å². The fourth-order valence-electron chi connectivity index (χ4n) is 4.13. The van der Waals surface area contributed by atoms with Crippen molar-refractivity contribution in [2.75, 3.05) is 11.9 Å². The van der Waals surface area contributed by atoms with Crippen molar-refractivity contribution < 1.29 is 27.8 Å². The number of piperidine rings is 1. The number of sulfonamides is 1. The Morgan fingerprint density at radius 2 is 1.90 bits per heavy atom. The zero-order chi connectivity index (χ0) is 29.0. The van der Waals surface area contributed by atoms with E-state index in [0.29, 0.717) is 22.7 Å². The molecule has 39 heavy (non-hydrogen) atoms. The zero-order valence-corrected chi connectivity index (χ0v) is 25.2. The van der Waals surface area contributed by atoms with Crippen molar-refractivity contribution in [3.8, 4) is 10.4 Å². The summed E-state index contributed by atoms with van der Waals surface area (Å²) < 4.78 is 40.1. The quantitative estimate of drug-likeness (QED) is 0.262. The Balaban J connectivity index is 1.82. The number of thiazole rings is 1. The lowest BCUT2D eigenvalue weighted by atomic mass is 10.0. The maximum atomic E-state index is 13.4. The standard InChI is InChI=1S/C26H41N5O6S2/c1-15(2)36-24(32)29-17-8-10-19(22(12-17)39(34,35)31-26(5,6)7)21-14-28-23(38-21)20-11-9-18(13-27-20)30-25(33)37-16(3)4/h8,10,12,14-16,18,20,25,27,30-31,33H,9,11,13H2,1-7H3,(H,29,32)/t18?,20-,25?/m0/s1. The summed E-state index contributed by atoms with van der Waals surface area (Å²) >= 11 is 1.42. The smallest absolute Gasteiger partial charge is 0.411 e. The van der Waals surface area contributed by atoms with Crippen LogP contribution in [0.5, 0.6) is 0 Å². The number of ether oxygens (including phenoxy) is 2. The number of hydrogen-bond donors (Lipinski definition) is 5. The fraction of sp³-hybridized carbons (Fsp3) is 0.615. The number of aliphatic hydroxyl groups excluding tert-OH is 1. The van der Waals surface area contributed by atoms with Gasteiger partial charge in [-0.15, -0.1) is 11.3 Å². The van der Waals surface area contributed by atoms with Crippen LogP contribution in [0.15, 0.2) is 29.3 Å². The van der Waals surface area contributed by atoms with Crippen molar-refractivity contribution in [2.24, 2.45) is 0 Å². The normalized spacial score (nSPS) is 19.3. The maximum Gasteiger partial charge on any atom is 0.411 e. The lowest BCUT2D eigenvalue weighted by Crippen LogP contribution is -2.49. The third kappa shape index (κ3) is 9.48. The first kappa shape index (κ1) is 31.4. The van der Waals surface area contributed by atoms with E-state index in [1.165, 1.54) is 17.4 Å². The largest absolute Gasteiger partial charge is 0.447 e. The highest BCUT2D eigenvalue weighted by Gasteiger charge is 2.29. The number of nitrogens with one attached hydrogen (secondary N) is 4. The van der Waals surface area contributed by atoms with Crippen LogP contribution in [-0.2, 0) is 19.5 Å². The van der Waals surface area contributed by atoms with Gasteiger partial charge < -0.3 is 19.9 Å². The number of hydrogen-bond acceptors (Lipinski definition) is 10. The first-order valence-corrected chi connectivity index (χ1v) is 15.4. The second kappa shape index (κ2) is 13.0. The Morgan fingerprint density at radius 3 is 2.49 bits per heavy atom. The Labute approximate surface area is 235 Å². The summed E-state index contributed by atoms with van der Waals surface area (Å²) in [6.45, 7) is 13.1. The summed E-state index contributed by atoms with van der Waals surface area (Å²) in [5, 5.41) is 20.0. The Hall–Kier alpha value is -2.13. The van der Waals surface area contributed by atoms with Gasteiger partial charge in [0.25, 0.3) is 0 Å². The number of aromatic nitrogens is 1. The third-order valence-electron chi connectivity index (χ3n) is 5.58. The highest BCUT2D eigenvalue weighted by atomic mass is 32.2. The second-order valence-corrected chi connectivity index (χ2v) is 13.9. The van der Waals surface area contributed by atoms with Gasteiger partial charge in [-0.2, -0.15) is 0 Å². The number of carbonyl (C=O) groups excluding carboxylic acids is 1. The van der Waals surface area contributed by atoms with Gasteiger partial charge in [-0.3, -0.25) is 10.6 Å². The molecule has 0 radical (unpaired) electrons. The van der Waals surface area contributed by atoms with Crippen LogP contribution >= 0.6 is 11.3 Å². The molecule has 0 aliphatic carbocycles. The molecule has 2 heterocycles. The summed E-state index contributed by atoms with van der Waals surface area (Å²) in [6.07, 6.45) is 1.19. The highest BCUT2D eigenvalue weighted by Crippen LogP contribution is 2.37. The van der Waals surface area contributed by atoms with Gasteiger partial charge in [0.1, 0.15) is 5.01 Å². The summed E-state index contributed by atoms with van der Waals surface area (Å²) in [7, 11) is -3.94. The Kier molecular flexibility index (Phi) is 10.5. The van der Waals surface area contributed by atoms with E-state index in [-0.39, 0.29) is 29.2 Å². The molecule has 2 unspecified atom stereocenters. The predicted octanol–water partition coefficient (Wildman–Crippen LogP) is 3.93. The Bertz CT molecular complexity index is 1220. The fourth-order valence-corrected chi connectivity index (χ4v) is 6.92. The van der Waals surface area contributed by atoms with Crippen LogP contribution in [0.25, 0.3) is 10.4 Å². The molecule has 13 heteroatoms.